The van der Waals surface area contributed by atoms with Gasteiger partial charge in [-0.3, -0.25) is 0 Å². The van der Waals surface area contributed by atoms with Gasteiger partial charge in [0.15, 0.2) is 0 Å². The van der Waals surface area contributed by atoms with Crippen LogP contribution < -0.4 is 4.72 Å². The lowest BCUT2D eigenvalue weighted by molar-refractivity contribution is 0.244. The number of aliphatic hydroxyl groups is 1. The van der Waals surface area contributed by atoms with Gasteiger partial charge in [-0.1, -0.05) is 6.92 Å². The number of furan rings is 1. The maximum absolute atomic E-state index is 12.2. The minimum Gasteiger partial charge on any atom is -0.462 e. The van der Waals surface area contributed by atoms with Crippen LogP contribution in [0.2, 0.25) is 0 Å². The van der Waals surface area contributed by atoms with Crippen LogP contribution in [0.4, 0.5) is 0 Å². The highest BCUT2D eigenvalue weighted by molar-refractivity contribution is 7.89. The van der Waals surface area contributed by atoms with Crippen LogP contribution in [0.1, 0.15) is 28.2 Å². The molecule has 110 valence electrons. The lowest BCUT2D eigenvalue weighted by Gasteiger charge is -2.03. The van der Waals surface area contributed by atoms with Gasteiger partial charge in [-0.05, 0) is 25.5 Å². The van der Waals surface area contributed by atoms with Crippen molar-refractivity contribution >= 4 is 21.4 Å². The zero-order valence-electron chi connectivity index (χ0n) is 11.3. The molecule has 7 heteroatoms. The Kier molecular flexibility index (Phi) is 4.64. The molecule has 2 heterocycles. The fourth-order valence-corrected chi connectivity index (χ4v) is 4.02. The van der Waals surface area contributed by atoms with Gasteiger partial charge in [-0.2, -0.15) is 0 Å². The van der Waals surface area contributed by atoms with Crippen molar-refractivity contribution in [2.24, 2.45) is 0 Å². The first-order chi connectivity index (χ1) is 9.46. The molecular weight excluding hydrogens is 298 g/mol. The van der Waals surface area contributed by atoms with E-state index in [1.165, 1.54) is 10.9 Å². The lowest BCUT2D eigenvalue weighted by atomic mass is 10.4. The average Bonchev–Trinajstić information content (AvgIpc) is 3.02. The lowest BCUT2D eigenvalue weighted by Crippen LogP contribution is -2.23. The molecule has 0 fully saturated rings. The fourth-order valence-electron chi connectivity index (χ4n) is 1.82. The quantitative estimate of drug-likeness (QED) is 0.856. The number of aliphatic hydroxyl groups excluding tert-OH is 1. The Hall–Kier alpha value is -1.15. The van der Waals surface area contributed by atoms with Crippen molar-refractivity contribution in [3.8, 4) is 0 Å². The number of hydrogen-bond acceptors (Lipinski definition) is 5. The SMILES string of the molecule is CCc1ccc(CNS(=O)(=O)c2cc(CO)oc2C)s1. The molecule has 0 aromatic carbocycles. The summed E-state index contributed by atoms with van der Waals surface area (Å²) in [7, 11) is -3.62. The largest absolute Gasteiger partial charge is 0.462 e. The maximum atomic E-state index is 12.2. The van der Waals surface area contributed by atoms with Crippen molar-refractivity contribution in [2.45, 2.75) is 38.3 Å². The Morgan fingerprint density at radius 3 is 2.60 bits per heavy atom. The van der Waals surface area contributed by atoms with Crippen LogP contribution >= 0.6 is 11.3 Å². The van der Waals surface area contributed by atoms with E-state index in [1.54, 1.807) is 18.3 Å². The Balaban J connectivity index is 2.12. The summed E-state index contributed by atoms with van der Waals surface area (Å²) in [5, 5.41) is 8.97. The van der Waals surface area contributed by atoms with Crippen LogP contribution in [-0.4, -0.2) is 13.5 Å². The van der Waals surface area contributed by atoms with Gasteiger partial charge >= 0.3 is 0 Å². The number of rotatable bonds is 6. The Bertz CT molecular complexity index is 685. The van der Waals surface area contributed by atoms with Crippen molar-refractivity contribution < 1.29 is 17.9 Å². The molecule has 0 atom stereocenters. The number of thiophene rings is 1. The van der Waals surface area contributed by atoms with Gasteiger partial charge in [0, 0.05) is 22.4 Å². The fraction of sp³-hybridized carbons (Fsp3) is 0.385. The van der Waals surface area contributed by atoms with E-state index in [2.05, 4.69) is 11.6 Å². The molecule has 0 aliphatic carbocycles. The number of hydrogen-bond donors (Lipinski definition) is 2. The molecule has 0 spiro atoms. The van der Waals surface area contributed by atoms with Crippen LogP contribution in [-0.2, 0) is 29.6 Å². The molecule has 0 aliphatic rings. The van der Waals surface area contributed by atoms with Crippen molar-refractivity contribution in [3.63, 3.8) is 0 Å². The van der Waals surface area contributed by atoms with Crippen LogP contribution in [0.5, 0.6) is 0 Å². The van der Waals surface area contributed by atoms with Gasteiger partial charge in [-0.25, -0.2) is 13.1 Å². The molecule has 0 radical (unpaired) electrons. The molecule has 2 rings (SSSR count). The van der Waals surface area contributed by atoms with Crippen molar-refractivity contribution in [1.82, 2.24) is 4.72 Å². The molecule has 0 unspecified atom stereocenters. The molecular formula is C13H17NO4S2. The molecule has 0 saturated heterocycles. The molecule has 20 heavy (non-hydrogen) atoms. The normalized spacial score (nSPS) is 11.9. The summed E-state index contributed by atoms with van der Waals surface area (Å²) < 4.78 is 32.1. The second-order valence-electron chi connectivity index (χ2n) is 4.34. The van der Waals surface area contributed by atoms with E-state index in [9.17, 15) is 8.42 Å². The Morgan fingerprint density at radius 1 is 1.35 bits per heavy atom. The second kappa shape index (κ2) is 6.09. The molecule has 2 aromatic rings. The molecule has 2 aromatic heterocycles. The zero-order chi connectivity index (χ0) is 14.8. The van der Waals surface area contributed by atoms with Gasteiger partial charge in [-0.15, -0.1) is 11.3 Å². The second-order valence-corrected chi connectivity index (χ2v) is 7.33. The summed E-state index contributed by atoms with van der Waals surface area (Å²) in [5.41, 5.74) is 0. The van der Waals surface area contributed by atoms with Gasteiger partial charge in [0.2, 0.25) is 10.0 Å². The van der Waals surface area contributed by atoms with Crippen molar-refractivity contribution in [2.75, 3.05) is 0 Å². The Morgan fingerprint density at radius 2 is 2.05 bits per heavy atom. The summed E-state index contributed by atoms with van der Waals surface area (Å²) in [6, 6.07) is 5.28. The van der Waals surface area contributed by atoms with Crippen LogP contribution in [0.25, 0.3) is 0 Å². The van der Waals surface area contributed by atoms with E-state index < -0.39 is 10.0 Å². The maximum Gasteiger partial charge on any atom is 0.244 e. The van der Waals surface area contributed by atoms with Crippen molar-refractivity contribution in [3.05, 3.63) is 39.5 Å². The third-order valence-electron chi connectivity index (χ3n) is 2.87. The highest BCUT2D eigenvalue weighted by atomic mass is 32.2. The van der Waals surface area contributed by atoms with Crippen molar-refractivity contribution in [1.29, 1.82) is 0 Å². The third kappa shape index (κ3) is 3.29. The highest BCUT2D eigenvalue weighted by Gasteiger charge is 2.21. The zero-order valence-corrected chi connectivity index (χ0v) is 13.0. The highest BCUT2D eigenvalue weighted by Crippen LogP contribution is 2.21. The number of sulfonamides is 1. The molecule has 0 aliphatic heterocycles. The molecule has 0 amide bonds. The van der Waals surface area contributed by atoms with Crippen LogP contribution in [0.3, 0.4) is 0 Å². The Labute approximate surface area is 122 Å². The summed E-state index contributed by atoms with van der Waals surface area (Å²) in [4.78, 5) is 2.27. The van der Waals surface area contributed by atoms with Gasteiger partial charge < -0.3 is 9.52 Å². The van der Waals surface area contributed by atoms with Gasteiger partial charge in [0.05, 0.1) is 0 Å². The number of nitrogens with one attached hydrogen (secondary N) is 1. The first-order valence-electron chi connectivity index (χ1n) is 6.23. The van der Waals surface area contributed by atoms with Crippen LogP contribution in [0, 0.1) is 6.92 Å². The molecule has 2 N–H and O–H groups in total. The van der Waals surface area contributed by atoms with E-state index in [0.29, 0.717) is 0 Å². The third-order valence-corrected chi connectivity index (χ3v) is 5.61. The van der Waals surface area contributed by atoms with E-state index in [-0.39, 0.29) is 29.6 Å². The first-order valence-corrected chi connectivity index (χ1v) is 8.53. The van der Waals surface area contributed by atoms with E-state index >= 15 is 0 Å². The van der Waals surface area contributed by atoms with Gasteiger partial charge in [0.1, 0.15) is 23.0 Å². The summed E-state index contributed by atoms with van der Waals surface area (Å²) >= 11 is 1.59. The predicted molar refractivity (Wildman–Crippen MR) is 77.1 cm³/mol. The average molecular weight is 315 g/mol. The minimum atomic E-state index is -3.62. The standard InChI is InChI=1S/C13H17NO4S2/c1-3-11-4-5-12(19-11)7-14-20(16,17)13-6-10(8-15)18-9(13)2/h4-6,14-15H,3,7-8H2,1-2H3. The smallest absolute Gasteiger partial charge is 0.244 e. The van der Waals surface area contributed by atoms with E-state index in [0.717, 1.165) is 11.3 Å². The van der Waals surface area contributed by atoms with Gasteiger partial charge in [0.25, 0.3) is 0 Å². The topological polar surface area (TPSA) is 79.5 Å². The molecule has 0 bridgehead atoms. The molecule has 0 saturated carbocycles. The first kappa shape index (κ1) is 15.2. The van der Waals surface area contributed by atoms with E-state index in [1.807, 2.05) is 12.1 Å². The predicted octanol–water partition coefficient (Wildman–Crippen LogP) is 2.18. The van der Waals surface area contributed by atoms with Crippen LogP contribution in [0.15, 0.2) is 27.5 Å². The minimum absolute atomic E-state index is 0.0776. The monoisotopic (exact) mass is 315 g/mol. The summed E-state index contributed by atoms with van der Waals surface area (Å²) in [6.45, 7) is 3.56. The van der Waals surface area contributed by atoms with E-state index in [4.69, 9.17) is 9.52 Å². The summed E-state index contributed by atoms with van der Waals surface area (Å²) in [5.74, 6) is 0.522. The molecule has 5 nitrogen and oxygen atoms in total. The number of aryl methyl sites for hydroxylation is 2. The summed E-state index contributed by atoms with van der Waals surface area (Å²) in [6.07, 6.45) is 0.943.